The van der Waals surface area contributed by atoms with Crippen molar-refractivity contribution in [3.05, 3.63) is 35.4 Å². The molecule has 160 valence electrons. The Hall–Kier alpha value is -1.31. The van der Waals surface area contributed by atoms with Gasteiger partial charge in [0, 0.05) is 0 Å². The molecule has 0 unspecified atom stereocenters. The predicted octanol–water partition coefficient (Wildman–Crippen LogP) is 8.23. The Balaban J connectivity index is 1.96. The van der Waals surface area contributed by atoms with Crippen LogP contribution in [0.25, 0.3) is 0 Å². The Morgan fingerprint density at radius 3 is 1.57 bits per heavy atom. The predicted molar refractivity (Wildman–Crippen MR) is 121 cm³/mol. The highest BCUT2D eigenvalue weighted by molar-refractivity contribution is 5.89. The molecule has 1 aromatic rings. The summed E-state index contributed by atoms with van der Waals surface area (Å²) in [6, 6.07) is 7.82. The van der Waals surface area contributed by atoms with Crippen LogP contribution in [-0.2, 0) is 10.2 Å². The number of hydrogen-bond donors (Lipinski definition) is 0. The highest BCUT2D eigenvalue weighted by Gasteiger charge is 2.14. The Morgan fingerprint density at radius 2 is 1.14 bits per heavy atom. The molecule has 28 heavy (non-hydrogen) atoms. The van der Waals surface area contributed by atoms with E-state index in [1.165, 1.54) is 76.2 Å². The van der Waals surface area contributed by atoms with Gasteiger partial charge in [-0.2, -0.15) is 0 Å². The van der Waals surface area contributed by atoms with E-state index in [9.17, 15) is 4.79 Å². The molecule has 0 spiro atoms. The van der Waals surface area contributed by atoms with Crippen molar-refractivity contribution in [2.24, 2.45) is 0 Å². The molecule has 0 heterocycles. The van der Waals surface area contributed by atoms with E-state index in [1.807, 2.05) is 24.3 Å². The van der Waals surface area contributed by atoms with Crippen molar-refractivity contribution in [1.82, 2.24) is 0 Å². The molecule has 0 fully saturated rings. The maximum atomic E-state index is 12.1. The number of rotatable bonds is 15. The molecule has 0 saturated heterocycles. The molecule has 1 rings (SSSR count). The van der Waals surface area contributed by atoms with Gasteiger partial charge in [0.25, 0.3) is 0 Å². The number of carbonyl (C=O) groups excluding carboxylic acids is 1. The summed E-state index contributed by atoms with van der Waals surface area (Å²) in [7, 11) is 0. The van der Waals surface area contributed by atoms with Crippen molar-refractivity contribution in [1.29, 1.82) is 0 Å². The third kappa shape index (κ3) is 11.5. The number of benzene rings is 1. The summed E-state index contributed by atoms with van der Waals surface area (Å²) >= 11 is 0. The van der Waals surface area contributed by atoms with Crippen LogP contribution in [0.15, 0.2) is 24.3 Å². The first-order chi connectivity index (χ1) is 13.4. The Kier molecular flexibility index (Phi) is 12.9. The van der Waals surface area contributed by atoms with Crippen LogP contribution in [0.2, 0.25) is 0 Å². The lowest BCUT2D eigenvalue weighted by Gasteiger charge is -2.18. The largest absolute Gasteiger partial charge is 0.462 e. The van der Waals surface area contributed by atoms with Crippen LogP contribution in [0.3, 0.4) is 0 Å². The molecule has 2 heteroatoms. The topological polar surface area (TPSA) is 26.3 Å². The Morgan fingerprint density at radius 1 is 0.714 bits per heavy atom. The summed E-state index contributed by atoms with van der Waals surface area (Å²) < 4.78 is 5.41. The SMILES string of the molecule is CCCCCCCCCCCCCCCOC(=O)c1ccc(C(C)(C)C)cc1. The first-order valence-electron chi connectivity index (χ1n) is 11.7. The van der Waals surface area contributed by atoms with Gasteiger partial charge in [0.1, 0.15) is 0 Å². The van der Waals surface area contributed by atoms with Crippen LogP contribution in [0.5, 0.6) is 0 Å². The van der Waals surface area contributed by atoms with Gasteiger partial charge in [-0.3, -0.25) is 0 Å². The molecule has 0 aromatic heterocycles. The zero-order chi connectivity index (χ0) is 20.7. The van der Waals surface area contributed by atoms with E-state index in [0.717, 1.165) is 12.8 Å². The lowest BCUT2D eigenvalue weighted by molar-refractivity contribution is 0.0497. The van der Waals surface area contributed by atoms with E-state index in [4.69, 9.17) is 4.74 Å². The van der Waals surface area contributed by atoms with Crippen LogP contribution < -0.4 is 0 Å². The standard InChI is InChI=1S/C26H44O2/c1-5-6-7-8-9-10-11-12-13-14-15-16-17-22-28-25(27)23-18-20-24(21-19-23)26(2,3)4/h18-21H,5-17,22H2,1-4H3. The van der Waals surface area contributed by atoms with Gasteiger partial charge in [-0.05, 0) is 29.5 Å². The minimum atomic E-state index is -0.195. The molecule has 0 aliphatic rings. The fraction of sp³-hybridized carbons (Fsp3) is 0.731. The third-order valence-corrected chi connectivity index (χ3v) is 5.47. The molecular formula is C26H44O2. The zero-order valence-corrected chi connectivity index (χ0v) is 19.0. The molecule has 0 amide bonds. The van der Waals surface area contributed by atoms with Crippen molar-refractivity contribution in [3.8, 4) is 0 Å². The molecule has 0 atom stereocenters. The van der Waals surface area contributed by atoms with E-state index < -0.39 is 0 Å². The minimum Gasteiger partial charge on any atom is -0.462 e. The van der Waals surface area contributed by atoms with Crippen molar-refractivity contribution in [2.45, 2.75) is 117 Å². The molecule has 0 bridgehead atoms. The average Bonchev–Trinajstić information content (AvgIpc) is 2.67. The molecule has 0 aliphatic carbocycles. The molecular weight excluding hydrogens is 344 g/mol. The number of esters is 1. The van der Waals surface area contributed by atoms with E-state index in [2.05, 4.69) is 27.7 Å². The third-order valence-electron chi connectivity index (χ3n) is 5.47. The Bertz CT molecular complexity index is 510. The molecule has 0 radical (unpaired) electrons. The summed E-state index contributed by atoms with van der Waals surface area (Å²) in [6.07, 6.45) is 17.3. The maximum Gasteiger partial charge on any atom is 0.338 e. The second-order valence-electron chi connectivity index (χ2n) is 9.21. The van der Waals surface area contributed by atoms with E-state index in [0.29, 0.717) is 12.2 Å². The first kappa shape index (κ1) is 24.7. The van der Waals surface area contributed by atoms with Crippen LogP contribution in [-0.4, -0.2) is 12.6 Å². The molecule has 1 aromatic carbocycles. The fourth-order valence-corrected chi connectivity index (χ4v) is 3.47. The number of carbonyl (C=O) groups is 1. The minimum absolute atomic E-state index is 0.108. The highest BCUT2D eigenvalue weighted by atomic mass is 16.5. The van der Waals surface area contributed by atoms with Crippen LogP contribution in [0.4, 0.5) is 0 Å². The van der Waals surface area contributed by atoms with Crippen LogP contribution in [0.1, 0.15) is 127 Å². The van der Waals surface area contributed by atoms with E-state index in [1.54, 1.807) is 0 Å². The summed E-state index contributed by atoms with van der Waals surface area (Å²) in [5.41, 5.74) is 2.00. The van der Waals surface area contributed by atoms with Gasteiger partial charge in [0.2, 0.25) is 0 Å². The maximum absolute atomic E-state index is 12.1. The van der Waals surface area contributed by atoms with Crippen molar-refractivity contribution >= 4 is 5.97 Å². The smallest absolute Gasteiger partial charge is 0.338 e. The van der Waals surface area contributed by atoms with Crippen molar-refractivity contribution in [3.63, 3.8) is 0 Å². The first-order valence-corrected chi connectivity index (χ1v) is 11.7. The van der Waals surface area contributed by atoms with Gasteiger partial charge >= 0.3 is 5.97 Å². The van der Waals surface area contributed by atoms with Gasteiger partial charge in [-0.1, -0.05) is 117 Å². The van der Waals surface area contributed by atoms with E-state index in [-0.39, 0.29) is 11.4 Å². The van der Waals surface area contributed by atoms with E-state index >= 15 is 0 Å². The van der Waals surface area contributed by atoms with Gasteiger partial charge in [0.05, 0.1) is 12.2 Å². The number of unbranched alkanes of at least 4 members (excludes halogenated alkanes) is 12. The number of ether oxygens (including phenoxy) is 1. The van der Waals surface area contributed by atoms with Gasteiger partial charge in [-0.25, -0.2) is 4.79 Å². The summed E-state index contributed by atoms with van der Waals surface area (Å²) in [6.45, 7) is 9.34. The van der Waals surface area contributed by atoms with Crippen molar-refractivity contribution < 1.29 is 9.53 Å². The monoisotopic (exact) mass is 388 g/mol. The molecule has 2 nitrogen and oxygen atoms in total. The summed E-state index contributed by atoms with van der Waals surface area (Å²) in [5, 5.41) is 0. The second-order valence-corrected chi connectivity index (χ2v) is 9.21. The molecule has 0 aliphatic heterocycles. The van der Waals surface area contributed by atoms with Crippen molar-refractivity contribution in [2.75, 3.05) is 6.61 Å². The lowest BCUT2D eigenvalue weighted by Crippen LogP contribution is -2.12. The average molecular weight is 389 g/mol. The summed E-state index contributed by atoms with van der Waals surface area (Å²) in [5.74, 6) is -0.195. The fourth-order valence-electron chi connectivity index (χ4n) is 3.47. The van der Waals surface area contributed by atoms with Crippen LogP contribution >= 0.6 is 0 Å². The molecule has 0 saturated carbocycles. The van der Waals surface area contributed by atoms with Crippen LogP contribution in [0, 0.1) is 0 Å². The van der Waals surface area contributed by atoms with Gasteiger partial charge < -0.3 is 4.74 Å². The quantitative estimate of drug-likeness (QED) is 0.223. The Labute approximate surface area is 174 Å². The van der Waals surface area contributed by atoms with Gasteiger partial charge in [-0.15, -0.1) is 0 Å². The zero-order valence-electron chi connectivity index (χ0n) is 19.0. The second kappa shape index (κ2) is 14.7. The highest BCUT2D eigenvalue weighted by Crippen LogP contribution is 2.22. The normalized spacial score (nSPS) is 11.6. The molecule has 0 N–H and O–H groups in total. The number of hydrogen-bond acceptors (Lipinski definition) is 2. The lowest BCUT2D eigenvalue weighted by atomic mass is 9.87. The summed E-state index contributed by atoms with van der Waals surface area (Å²) in [4.78, 5) is 12.1. The van der Waals surface area contributed by atoms with Gasteiger partial charge in [0.15, 0.2) is 0 Å².